The number of aromatic nitrogens is 4. The Morgan fingerprint density at radius 2 is 1.66 bits per heavy atom. The van der Waals surface area contributed by atoms with Crippen LogP contribution in [0.15, 0.2) is 95.5 Å². The van der Waals surface area contributed by atoms with Gasteiger partial charge in [-0.05, 0) is 32.0 Å². The molecule has 1 amide bonds. The first-order chi connectivity index (χ1) is 17.1. The molecule has 174 valence electrons. The van der Waals surface area contributed by atoms with Gasteiger partial charge < -0.3 is 5.32 Å². The number of hydrogen-bond donors (Lipinski definition) is 1. The molecular weight excluding hydrogens is 474 g/mol. The molecule has 0 aliphatic carbocycles. The number of hydrogen-bond acceptors (Lipinski definition) is 6. The van der Waals surface area contributed by atoms with E-state index in [-0.39, 0.29) is 5.91 Å². The second kappa shape index (κ2) is 10.2. The summed E-state index contributed by atoms with van der Waals surface area (Å²) in [5.41, 5.74) is 4.92. The van der Waals surface area contributed by atoms with Crippen LogP contribution in [0.5, 0.6) is 0 Å². The Morgan fingerprint density at radius 3 is 2.40 bits per heavy atom. The maximum absolute atomic E-state index is 13.0. The molecule has 0 spiro atoms. The number of carbonyl (C=O) groups excluding carboxylic acids is 1. The number of nitrogens with zero attached hydrogens (tertiary/aromatic N) is 4. The molecule has 2 aromatic heterocycles. The molecule has 0 aliphatic rings. The van der Waals surface area contributed by atoms with E-state index in [0.717, 1.165) is 33.9 Å². The third kappa shape index (κ3) is 5.18. The summed E-state index contributed by atoms with van der Waals surface area (Å²) < 4.78 is 2.00. The lowest BCUT2D eigenvalue weighted by molar-refractivity contribution is -0.115. The molecule has 35 heavy (non-hydrogen) atoms. The van der Waals surface area contributed by atoms with Crippen LogP contribution in [0.25, 0.3) is 28.3 Å². The van der Waals surface area contributed by atoms with Gasteiger partial charge in [0, 0.05) is 22.2 Å². The maximum Gasteiger partial charge on any atom is 0.239 e. The smallest absolute Gasteiger partial charge is 0.239 e. The van der Waals surface area contributed by atoms with Gasteiger partial charge in [0.1, 0.15) is 0 Å². The Hall–Kier alpha value is -3.75. The summed E-state index contributed by atoms with van der Waals surface area (Å²) in [6.07, 6.45) is 0. The molecule has 0 fully saturated rings. The number of thiazole rings is 1. The lowest BCUT2D eigenvalue weighted by Gasteiger charge is -2.13. The van der Waals surface area contributed by atoms with Gasteiger partial charge in [-0.25, -0.2) is 4.98 Å². The van der Waals surface area contributed by atoms with Crippen LogP contribution in [0.4, 0.5) is 5.13 Å². The number of rotatable bonds is 7. The van der Waals surface area contributed by atoms with Gasteiger partial charge in [-0.15, -0.1) is 21.5 Å². The Balaban J connectivity index is 1.38. The molecule has 5 rings (SSSR count). The average Bonchev–Trinajstić information content (AvgIpc) is 3.52. The average molecular weight is 498 g/mol. The van der Waals surface area contributed by atoms with Crippen molar-refractivity contribution < 1.29 is 4.79 Å². The number of carbonyl (C=O) groups is 1. The summed E-state index contributed by atoms with van der Waals surface area (Å²) in [4.78, 5) is 17.6. The first-order valence-electron chi connectivity index (χ1n) is 11.1. The van der Waals surface area contributed by atoms with E-state index in [2.05, 4.69) is 39.6 Å². The summed E-state index contributed by atoms with van der Waals surface area (Å²) in [6.45, 7) is 3.92. The third-order valence-corrected chi connectivity index (χ3v) is 7.18. The lowest BCUT2D eigenvalue weighted by atomic mass is 10.1. The molecule has 1 atom stereocenters. The predicted molar refractivity (Wildman–Crippen MR) is 143 cm³/mol. The standard InChI is InChI=1S/C27H23N5OS2/c1-18-10-9-13-21(16-18)24-30-31-27(32(24)22-14-7-4-8-15-22)35-19(2)25(33)29-26-28-23(17-34-26)20-11-5-3-6-12-20/h3-17,19H,1-2H3,(H,28,29,33). The highest BCUT2D eigenvalue weighted by Gasteiger charge is 2.22. The SMILES string of the molecule is Cc1cccc(-c2nnc(SC(C)C(=O)Nc3nc(-c4ccccc4)cs3)n2-c2ccccc2)c1. The van der Waals surface area contributed by atoms with Gasteiger partial charge in [0.25, 0.3) is 0 Å². The van der Waals surface area contributed by atoms with Gasteiger partial charge in [-0.2, -0.15) is 0 Å². The maximum atomic E-state index is 13.0. The van der Waals surface area contributed by atoms with E-state index in [4.69, 9.17) is 0 Å². The topological polar surface area (TPSA) is 72.7 Å². The zero-order chi connectivity index (χ0) is 24.2. The highest BCUT2D eigenvalue weighted by atomic mass is 32.2. The molecule has 5 aromatic rings. The second-order valence-corrected chi connectivity index (χ2v) is 10.2. The van der Waals surface area contributed by atoms with E-state index in [1.165, 1.54) is 23.1 Å². The van der Waals surface area contributed by atoms with Crippen molar-refractivity contribution in [3.63, 3.8) is 0 Å². The van der Waals surface area contributed by atoms with Crippen molar-refractivity contribution >= 4 is 34.1 Å². The molecule has 6 nitrogen and oxygen atoms in total. The van der Waals surface area contributed by atoms with Crippen LogP contribution >= 0.6 is 23.1 Å². The van der Waals surface area contributed by atoms with Crippen LogP contribution < -0.4 is 5.32 Å². The number of nitrogens with one attached hydrogen (secondary N) is 1. The van der Waals surface area contributed by atoms with Crippen LogP contribution in [0.2, 0.25) is 0 Å². The van der Waals surface area contributed by atoms with E-state index in [1.54, 1.807) is 0 Å². The zero-order valence-electron chi connectivity index (χ0n) is 19.3. The highest BCUT2D eigenvalue weighted by molar-refractivity contribution is 8.00. The minimum absolute atomic E-state index is 0.135. The molecule has 0 saturated carbocycles. The normalized spacial score (nSPS) is 11.8. The van der Waals surface area contributed by atoms with Crippen LogP contribution in [0.1, 0.15) is 12.5 Å². The van der Waals surface area contributed by atoms with Crippen molar-refractivity contribution in [3.8, 4) is 28.3 Å². The number of aryl methyl sites for hydroxylation is 1. The molecule has 0 radical (unpaired) electrons. The minimum atomic E-state index is -0.406. The molecule has 0 bridgehead atoms. The first-order valence-corrected chi connectivity index (χ1v) is 12.9. The van der Waals surface area contributed by atoms with E-state index < -0.39 is 5.25 Å². The van der Waals surface area contributed by atoms with Gasteiger partial charge in [0.15, 0.2) is 16.1 Å². The fourth-order valence-corrected chi connectivity index (χ4v) is 5.21. The predicted octanol–water partition coefficient (Wildman–Crippen LogP) is 6.49. The Bertz CT molecular complexity index is 1450. The summed E-state index contributed by atoms with van der Waals surface area (Å²) in [7, 11) is 0. The molecule has 3 aromatic carbocycles. The molecular formula is C27H23N5OS2. The van der Waals surface area contributed by atoms with E-state index in [0.29, 0.717) is 10.3 Å². The molecule has 8 heteroatoms. The number of anilines is 1. The van der Waals surface area contributed by atoms with Crippen LogP contribution in [0.3, 0.4) is 0 Å². The summed E-state index contributed by atoms with van der Waals surface area (Å²) in [5, 5.41) is 14.7. The van der Waals surface area contributed by atoms with Gasteiger partial charge in [-0.3, -0.25) is 9.36 Å². The Labute approximate surface area is 212 Å². The number of thioether (sulfide) groups is 1. The van der Waals surface area contributed by atoms with Crippen LogP contribution in [-0.4, -0.2) is 30.9 Å². The fraction of sp³-hybridized carbons (Fsp3) is 0.111. The second-order valence-electron chi connectivity index (χ2n) is 8.00. The highest BCUT2D eigenvalue weighted by Crippen LogP contribution is 2.31. The molecule has 2 heterocycles. The van der Waals surface area contributed by atoms with Crippen molar-refractivity contribution in [2.45, 2.75) is 24.3 Å². The molecule has 0 saturated heterocycles. The number of benzene rings is 3. The quantitative estimate of drug-likeness (QED) is 0.260. The Kier molecular flexibility index (Phi) is 6.74. The van der Waals surface area contributed by atoms with E-state index >= 15 is 0 Å². The third-order valence-electron chi connectivity index (χ3n) is 5.38. The van der Waals surface area contributed by atoms with Gasteiger partial charge >= 0.3 is 0 Å². The van der Waals surface area contributed by atoms with Crippen molar-refractivity contribution in [1.29, 1.82) is 0 Å². The van der Waals surface area contributed by atoms with E-state index in [9.17, 15) is 4.79 Å². The molecule has 1 unspecified atom stereocenters. The Morgan fingerprint density at radius 1 is 0.943 bits per heavy atom. The van der Waals surface area contributed by atoms with Gasteiger partial charge in [0.05, 0.1) is 10.9 Å². The lowest BCUT2D eigenvalue weighted by Crippen LogP contribution is -2.22. The number of amides is 1. The minimum Gasteiger partial charge on any atom is -0.301 e. The monoisotopic (exact) mass is 497 g/mol. The van der Waals surface area contributed by atoms with E-state index in [1.807, 2.05) is 89.7 Å². The van der Waals surface area contributed by atoms with Crippen molar-refractivity contribution in [2.24, 2.45) is 0 Å². The van der Waals surface area contributed by atoms with Crippen LogP contribution in [-0.2, 0) is 4.79 Å². The van der Waals surface area contributed by atoms with Crippen molar-refractivity contribution in [2.75, 3.05) is 5.32 Å². The summed E-state index contributed by atoms with van der Waals surface area (Å²) in [5.74, 6) is 0.603. The molecule has 0 aliphatic heterocycles. The van der Waals surface area contributed by atoms with Crippen LogP contribution in [0, 0.1) is 6.92 Å². The van der Waals surface area contributed by atoms with Crippen molar-refractivity contribution in [3.05, 3.63) is 95.9 Å². The zero-order valence-corrected chi connectivity index (χ0v) is 20.9. The number of para-hydroxylation sites is 1. The summed E-state index contributed by atoms with van der Waals surface area (Å²) >= 11 is 2.78. The summed E-state index contributed by atoms with van der Waals surface area (Å²) in [6, 6.07) is 28.0. The van der Waals surface area contributed by atoms with Crippen molar-refractivity contribution in [1.82, 2.24) is 19.7 Å². The largest absolute Gasteiger partial charge is 0.301 e. The van der Waals surface area contributed by atoms with Gasteiger partial charge in [-0.1, -0.05) is 84.1 Å². The molecule has 1 N–H and O–H groups in total. The first kappa shape index (κ1) is 23.0. The van der Waals surface area contributed by atoms with Gasteiger partial charge in [0.2, 0.25) is 5.91 Å². The fourth-order valence-electron chi connectivity index (χ4n) is 3.62.